The predicted octanol–water partition coefficient (Wildman–Crippen LogP) is -0.381. The number of amides is 3. The van der Waals surface area contributed by atoms with Crippen molar-refractivity contribution in [3.8, 4) is 0 Å². The van der Waals surface area contributed by atoms with Crippen LogP contribution in [-0.2, 0) is 0 Å². The van der Waals surface area contributed by atoms with Gasteiger partial charge >= 0.3 is 0 Å². The van der Waals surface area contributed by atoms with Gasteiger partial charge in [0.1, 0.15) is 0 Å². The fraction of sp³-hybridized carbons (Fsp3) is 0.200. The van der Waals surface area contributed by atoms with E-state index in [1.807, 2.05) is 0 Å². The number of rotatable bonds is 9. The number of aromatic nitrogens is 3. The molecule has 0 bridgehead atoms. The molecule has 126 valence electrons. The Bertz CT molecular complexity index is 568. The Morgan fingerprint density at radius 3 is 1.12 bits per heavy atom. The Morgan fingerprint density at radius 2 is 0.917 bits per heavy atom. The van der Waals surface area contributed by atoms with Crippen molar-refractivity contribution in [1.29, 1.82) is 0 Å². The van der Waals surface area contributed by atoms with Crippen molar-refractivity contribution >= 4 is 17.7 Å². The van der Waals surface area contributed by atoms with Gasteiger partial charge < -0.3 is 16.0 Å². The number of hydrogen-bond acceptors (Lipinski definition) is 6. The zero-order valence-corrected chi connectivity index (χ0v) is 13.0. The Kier molecular flexibility index (Phi) is 7.49. The van der Waals surface area contributed by atoms with Crippen LogP contribution in [0.25, 0.3) is 0 Å². The molecule has 0 spiro atoms. The summed E-state index contributed by atoms with van der Waals surface area (Å²) in [6.45, 7) is 11.0. The molecule has 1 heterocycles. The lowest BCUT2D eigenvalue weighted by Crippen LogP contribution is -2.33. The van der Waals surface area contributed by atoms with E-state index < -0.39 is 17.7 Å². The average Bonchev–Trinajstić information content (AvgIpc) is 2.61. The Morgan fingerprint density at radius 1 is 0.667 bits per heavy atom. The van der Waals surface area contributed by atoms with Gasteiger partial charge in [0, 0.05) is 19.6 Å². The molecular formula is C15H18N6O3. The number of nitrogens with one attached hydrogen (secondary N) is 3. The highest BCUT2D eigenvalue weighted by Crippen LogP contribution is 1.98. The lowest BCUT2D eigenvalue weighted by atomic mass is 10.4. The van der Waals surface area contributed by atoms with Crippen LogP contribution >= 0.6 is 0 Å². The Labute approximate surface area is 139 Å². The second-order valence-electron chi connectivity index (χ2n) is 4.30. The van der Waals surface area contributed by atoms with E-state index in [-0.39, 0.29) is 37.1 Å². The van der Waals surface area contributed by atoms with Crippen molar-refractivity contribution in [2.45, 2.75) is 0 Å². The average molecular weight is 330 g/mol. The SMILES string of the molecule is C=CCNC(=O)c1nc(C(=O)NCC=C)nc(C(=O)NCC=C)n1. The summed E-state index contributed by atoms with van der Waals surface area (Å²) in [7, 11) is 0. The third-order valence-corrected chi connectivity index (χ3v) is 2.47. The van der Waals surface area contributed by atoms with Crippen molar-refractivity contribution in [3.63, 3.8) is 0 Å². The molecule has 0 aliphatic rings. The van der Waals surface area contributed by atoms with E-state index >= 15 is 0 Å². The minimum absolute atomic E-state index is 0.181. The van der Waals surface area contributed by atoms with E-state index in [1.165, 1.54) is 18.2 Å². The molecule has 0 fully saturated rings. The number of hydrogen-bond donors (Lipinski definition) is 3. The van der Waals surface area contributed by atoms with Crippen molar-refractivity contribution < 1.29 is 14.4 Å². The molecule has 3 N–H and O–H groups in total. The minimum atomic E-state index is -0.659. The van der Waals surface area contributed by atoms with E-state index in [1.54, 1.807) is 0 Å². The molecular weight excluding hydrogens is 312 g/mol. The second-order valence-corrected chi connectivity index (χ2v) is 4.30. The molecule has 0 aliphatic heterocycles. The molecule has 1 aromatic heterocycles. The van der Waals surface area contributed by atoms with Gasteiger partial charge in [0.25, 0.3) is 17.7 Å². The van der Waals surface area contributed by atoms with Crippen LogP contribution in [0.1, 0.15) is 31.9 Å². The molecule has 0 aromatic carbocycles. The topological polar surface area (TPSA) is 126 Å². The Balaban J connectivity index is 3.17. The third-order valence-electron chi connectivity index (χ3n) is 2.47. The first-order valence-corrected chi connectivity index (χ1v) is 6.96. The molecule has 0 aliphatic carbocycles. The van der Waals surface area contributed by atoms with Crippen molar-refractivity contribution in [1.82, 2.24) is 30.9 Å². The monoisotopic (exact) mass is 330 g/mol. The quantitative estimate of drug-likeness (QED) is 0.530. The first-order valence-electron chi connectivity index (χ1n) is 6.96. The fourth-order valence-electron chi connectivity index (χ4n) is 1.41. The van der Waals surface area contributed by atoms with E-state index in [0.29, 0.717) is 0 Å². The molecule has 0 saturated carbocycles. The molecule has 1 aromatic rings. The van der Waals surface area contributed by atoms with E-state index in [9.17, 15) is 14.4 Å². The first kappa shape index (κ1) is 18.7. The van der Waals surface area contributed by atoms with E-state index in [2.05, 4.69) is 50.6 Å². The predicted molar refractivity (Wildman–Crippen MR) is 87.4 cm³/mol. The molecule has 3 amide bonds. The smallest absolute Gasteiger partial charge is 0.289 e. The van der Waals surface area contributed by atoms with Crippen molar-refractivity contribution in [3.05, 3.63) is 55.4 Å². The minimum Gasteiger partial charge on any atom is -0.346 e. The van der Waals surface area contributed by atoms with E-state index in [0.717, 1.165) is 0 Å². The van der Waals surface area contributed by atoms with Crippen LogP contribution in [0.15, 0.2) is 38.0 Å². The zero-order valence-electron chi connectivity index (χ0n) is 13.0. The summed E-state index contributed by atoms with van der Waals surface area (Å²) in [5, 5.41) is 7.39. The van der Waals surface area contributed by atoms with Crippen LogP contribution in [0.2, 0.25) is 0 Å². The highest BCUT2D eigenvalue weighted by molar-refractivity contribution is 5.97. The molecule has 1 rings (SSSR count). The molecule has 0 saturated heterocycles. The third kappa shape index (κ3) is 5.44. The molecule has 0 radical (unpaired) electrons. The summed E-state index contributed by atoms with van der Waals surface area (Å²) in [4.78, 5) is 47.3. The highest BCUT2D eigenvalue weighted by Gasteiger charge is 2.20. The summed E-state index contributed by atoms with van der Waals surface area (Å²) >= 11 is 0. The van der Waals surface area contributed by atoms with Crippen LogP contribution in [-0.4, -0.2) is 52.3 Å². The maximum absolute atomic E-state index is 12.0. The fourth-order valence-corrected chi connectivity index (χ4v) is 1.41. The van der Waals surface area contributed by atoms with E-state index in [4.69, 9.17) is 0 Å². The maximum Gasteiger partial charge on any atom is 0.289 e. The van der Waals surface area contributed by atoms with Gasteiger partial charge in [-0.15, -0.1) is 19.7 Å². The van der Waals surface area contributed by atoms with Gasteiger partial charge in [0.05, 0.1) is 0 Å². The van der Waals surface area contributed by atoms with Gasteiger partial charge in [-0.05, 0) is 0 Å². The van der Waals surface area contributed by atoms with Gasteiger partial charge in [-0.2, -0.15) is 15.0 Å². The molecule has 9 heteroatoms. The van der Waals surface area contributed by atoms with Crippen LogP contribution in [0.5, 0.6) is 0 Å². The van der Waals surface area contributed by atoms with Crippen LogP contribution in [0.3, 0.4) is 0 Å². The first-order chi connectivity index (χ1) is 11.5. The van der Waals surface area contributed by atoms with Crippen molar-refractivity contribution in [2.24, 2.45) is 0 Å². The summed E-state index contributed by atoms with van der Waals surface area (Å²) < 4.78 is 0. The standard InChI is InChI=1S/C15H18N6O3/c1-4-7-16-13(22)10-19-11(14(23)17-8-5-2)21-12(20-10)15(24)18-9-6-3/h4-6H,1-3,7-9H2,(H,16,22)(H,17,23)(H,18,24). The Hall–Kier alpha value is -3.36. The number of carbonyl (C=O) groups excluding carboxylic acids is 3. The largest absolute Gasteiger partial charge is 0.346 e. The highest BCUT2D eigenvalue weighted by atomic mass is 16.2. The van der Waals surface area contributed by atoms with Crippen molar-refractivity contribution in [2.75, 3.05) is 19.6 Å². The number of carbonyl (C=O) groups is 3. The molecule has 9 nitrogen and oxygen atoms in total. The van der Waals surface area contributed by atoms with Crippen LogP contribution in [0, 0.1) is 0 Å². The molecule has 24 heavy (non-hydrogen) atoms. The van der Waals surface area contributed by atoms with Gasteiger partial charge in [-0.3, -0.25) is 14.4 Å². The maximum atomic E-state index is 12.0. The summed E-state index contributed by atoms with van der Waals surface area (Å²) in [5.74, 6) is -3.02. The van der Waals surface area contributed by atoms with Gasteiger partial charge in [0.2, 0.25) is 17.5 Å². The second kappa shape index (κ2) is 9.62. The van der Waals surface area contributed by atoms with Crippen LogP contribution in [0.4, 0.5) is 0 Å². The van der Waals surface area contributed by atoms with Gasteiger partial charge in [-0.25, -0.2) is 0 Å². The summed E-state index contributed by atoms with van der Waals surface area (Å²) in [5.41, 5.74) is 0. The summed E-state index contributed by atoms with van der Waals surface area (Å²) in [6.07, 6.45) is 4.40. The normalized spacial score (nSPS) is 9.50. The summed E-state index contributed by atoms with van der Waals surface area (Å²) in [6, 6.07) is 0. The lowest BCUT2D eigenvalue weighted by molar-refractivity contribution is 0.0933. The molecule has 0 atom stereocenters. The zero-order chi connectivity index (χ0) is 17.9. The molecule has 0 unspecified atom stereocenters. The lowest BCUT2D eigenvalue weighted by Gasteiger charge is -2.07. The van der Waals surface area contributed by atoms with Crippen LogP contribution < -0.4 is 16.0 Å². The number of nitrogens with zero attached hydrogens (tertiary/aromatic N) is 3. The van der Waals surface area contributed by atoms with Gasteiger partial charge in [-0.1, -0.05) is 18.2 Å². The van der Waals surface area contributed by atoms with Gasteiger partial charge in [0.15, 0.2) is 0 Å².